The van der Waals surface area contributed by atoms with E-state index in [-0.39, 0.29) is 35.0 Å². The van der Waals surface area contributed by atoms with Gasteiger partial charge >= 0.3 is 0 Å². The first-order valence-corrected chi connectivity index (χ1v) is 6.69. The van der Waals surface area contributed by atoms with Gasteiger partial charge in [0.25, 0.3) is 0 Å². The third-order valence-corrected chi connectivity index (χ3v) is 3.80. The monoisotopic (exact) mass is 288 g/mol. The average molecular weight is 288 g/mol. The Balaban J connectivity index is 2.00. The summed E-state index contributed by atoms with van der Waals surface area (Å²) in [6.07, 6.45) is 0.263. The summed E-state index contributed by atoms with van der Waals surface area (Å²) in [7, 11) is 0. The Morgan fingerprint density at radius 2 is 1.71 bits per heavy atom. The quantitative estimate of drug-likeness (QED) is 0.606. The predicted molar refractivity (Wildman–Crippen MR) is 75.8 cm³/mol. The minimum atomic E-state index is -0.329. The first kappa shape index (κ1) is 13.4. The minimum Gasteiger partial charge on any atom is -0.508 e. The van der Waals surface area contributed by atoms with Crippen molar-refractivity contribution in [2.24, 2.45) is 5.92 Å². The Hall–Kier alpha value is -2.56. The fourth-order valence-electron chi connectivity index (χ4n) is 2.72. The number of benzene rings is 2. The number of phenols is 4. The second kappa shape index (κ2) is 4.77. The lowest BCUT2D eigenvalue weighted by molar-refractivity contribution is 0.121. The molecule has 2 atom stereocenters. The number of fused-ring (bicyclic) bond motifs is 1. The molecule has 5 heteroatoms. The van der Waals surface area contributed by atoms with Crippen LogP contribution in [0.3, 0.4) is 0 Å². The maximum atomic E-state index is 9.88. The van der Waals surface area contributed by atoms with E-state index in [9.17, 15) is 20.4 Å². The second-order valence-electron chi connectivity index (χ2n) is 5.41. The molecule has 1 aliphatic heterocycles. The lowest BCUT2D eigenvalue weighted by Crippen LogP contribution is -2.23. The van der Waals surface area contributed by atoms with Gasteiger partial charge in [-0.3, -0.25) is 0 Å². The van der Waals surface area contributed by atoms with E-state index in [2.05, 4.69) is 0 Å². The maximum Gasteiger partial charge on any atom is 0.157 e. The molecule has 1 aliphatic rings. The largest absolute Gasteiger partial charge is 0.508 e. The van der Waals surface area contributed by atoms with Gasteiger partial charge in [-0.1, -0.05) is 13.0 Å². The summed E-state index contributed by atoms with van der Waals surface area (Å²) in [6.45, 7) is 1.98. The second-order valence-corrected chi connectivity index (χ2v) is 5.41. The van der Waals surface area contributed by atoms with Crippen molar-refractivity contribution < 1.29 is 25.2 Å². The molecule has 0 spiro atoms. The van der Waals surface area contributed by atoms with Crippen molar-refractivity contribution in [1.82, 2.24) is 0 Å². The van der Waals surface area contributed by atoms with E-state index >= 15 is 0 Å². The first-order chi connectivity index (χ1) is 9.95. The molecule has 0 radical (unpaired) electrons. The molecule has 3 rings (SSSR count). The zero-order valence-corrected chi connectivity index (χ0v) is 11.4. The Morgan fingerprint density at radius 3 is 2.43 bits per heavy atom. The van der Waals surface area contributed by atoms with E-state index in [0.29, 0.717) is 17.7 Å². The van der Waals surface area contributed by atoms with E-state index in [0.717, 1.165) is 5.56 Å². The molecular weight excluding hydrogens is 272 g/mol. The molecule has 4 N–H and O–H groups in total. The Kier molecular flexibility index (Phi) is 3.05. The van der Waals surface area contributed by atoms with Crippen molar-refractivity contribution >= 4 is 0 Å². The number of phenolic OH excluding ortho intramolecular Hbond substituents is 4. The van der Waals surface area contributed by atoms with Gasteiger partial charge in [0, 0.05) is 23.6 Å². The van der Waals surface area contributed by atoms with Gasteiger partial charge < -0.3 is 25.2 Å². The fraction of sp³-hybridized carbons (Fsp3) is 0.250. The molecule has 0 bridgehead atoms. The normalized spacial score (nSPS) is 20.6. The Bertz CT molecular complexity index is 695. The van der Waals surface area contributed by atoms with Crippen LogP contribution in [-0.4, -0.2) is 20.4 Å². The van der Waals surface area contributed by atoms with Crippen LogP contribution < -0.4 is 4.74 Å². The highest BCUT2D eigenvalue weighted by Crippen LogP contribution is 2.44. The molecule has 2 aromatic rings. The number of ether oxygens (including phenoxy) is 1. The lowest BCUT2D eigenvalue weighted by atomic mass is 9.87. The summed E-state index contributed by atoms with van der Waals surface area (Å²) in [5, 5.41) is 38.4. The van der Waals surface area contributed by atoms with E-state index in [1.165, 1.54) is 24.3 Å². The average Bonchev–Trinajstić information content (AvgIpc) is 2.42. The van der Waals surface area contributed by atoms with Gasteiger partial charge in [0.15, 0.2) is 11.5 Å². The maximum absolute atomic E-state index is 9.88. The molecular formula is C16H16O5. The van der Waals surface area contributed by atoms with Crippen LogP contribution in [0, 0.1) is 5.92 Å². The summed E-state index contributed by atoms with van der Waals surface area (Å²) in [5.74, 6) is 0.0720. The van der Waals surface area contributed by atoms with Crippen LogP contribution in [0.5, 0.6) is 28.7 Å². The summed E-state index contributed by atoms with van der Waals surface area (Å²) >= 11 is 0. The summed E-state index contributed by atoms with van der Waals surface area (Å²) in [4.78, 5) is 0. The molecule has 0 aromatic heterocycles. The van der Waals surface area contributed by atoms with E-state index < -0.39 is 0 Å². The highest BCUT2D eigenvalue weighted by Gasteiger charge is 2.30. The molecule has 0 saturated heterocycles. The number of hydrogen-bond donors (Lipinski definition) is 4. The van der Waals surface area contributed by atoms with Gasteiger partial charge in [0.05, 0.1) is 0 Å². The van der Waals surface area contributed by atoms with Crippen molar-refractivity contribution in [1.29, 1.82) is 0 Å². The molecule has 5 nitrogen and oxygen atoms in total. The zero-order chi connectivity index (χ0) is 15.1. The van der Waals surface area contributed by atoms with E-state index in [4.69, 9.17) is 4.74 Å². The third kappa shape index (κ3) is 2.31. The highest BCUT2D eigenvalue weighted by atomic mass is 16.5. The van der Waals surface area contributed by atoms with Gasteiger partial charge in [0.2, 0.25) is 0 Å². The third-order valence-electron chi connectivity index (χ3n) is 3.80. The molecule has 110 valence electrons. The van der Waals surface area contributed by atoms with Gasteiger partial charge in [-0.2, -0.15) is 0 Å². The van der Waals surface area contributed by atoms with Crippen LogP contribution in [-0.2, 0) is 6.42 Å². The molecule has 0 saturated carbocycles. The van der Waals surface area contributed by atoms with Gasteiger partial charge in [0.1, 0.15) is 23.4 Å². The van der Waals surface area contributed by atoms with Crippen LogP contribution in [0.4, 0.5) is 0 Å². The molecule has 1 heterocycles. The molecule has 21 heavy (non-hydrogen) atoms. The summed E-state index contributed by atoms with van der Waals surface area (Å²) in [5.41, 5.74) is 1.39. The summed E-state index contributed by atoms with van der Waals surface area (Å²) < 4.78 is 5.87. The molecule has 0 aliphatic carbocycles. The van der Waals surface area contributed by atoms with Crippen molar-refractivity contribution in [3.05, 3.63) is 41.5 Å². The van der Waals surface area contributed by atoms with Crippen molar-refractivity contribution in [2.45, 2.75) is 19.4 Å². The van der Waals surface area contributed by atoms with Gasteiger partial charge in [-0.25, -0.2) is 0 Å². The SMILES string of the molecule is C[C@H]1Cc2c(O)cc(O)cc2OC1c1ccc(O)c(O)c1. The first-order valence-electron chi connectivity index (χ1n) is 6.69. The molecule has 0 fully saturated rings. The van der Waals surface area contributed by atoms with E-state index in [1.54, 1.807) is 6.07 Å². The number of aromatic hydroxyl groups is 4. The Labute approximate surface area is 121 Å². The van der Waals surface area contributed by atoms with Crippen LogP contribution in [0.2, 0.25) is 0 Å². The number of hydrogen-bond acceptors (Lipinski definition) is 5. The van der Waals surface area contributed by atoms with Crippen molar-refractivity contribution in [3.63, 3.8) is 0 Å². The van der Waals surface area contributed by atoms with Crippen LogP contribution in [0.25, 0.3) is 0 Å². The van der Waals surface area contributed by atoms with Gasteiger partial charge in [-0.05, 0) is 24.1 Å². The molecule has 0 amide bonds. The fourth-order valence-corrected chi connectivity index (χ4v) is 2.72. The number of rotatable bonds is 1. The smallest absolute Gasteiger partial charge is 0.157 e. The van der Waals surface area contributed by atoms with Crippen molar-refractivity contribution in [3.8, 4) is 28.7 Å². The van der Waals surface area contributed by atoms with Crippen LogP contribution in [0.1, 0.15) is 24.2 Å². The van der Waals surface area contributed by atoms with Crippen LogP contribution in [0.15, 0.2) is 30.3 Å². The van der Waals surface area contributed by atoms with Crippen molar-refractivity contribution in [2.75, 3.05) is 0 Å². The summed E-state index contributed by atoms with van der Waals surface area (Å²) in [6, 6.07) is 7.32. The predicted octanol–water partition coefficient (Wildman–Crippen LogP) is 2.82. The molecule has 1 unspecified atom stereocenters. The minimum absolute atomic E-state index is 0.0175. The van der Waals surface area contributed by atoms with E-state index in [1.807, 2.05) is 6.92 Å². The highest BCUT2D eigenvalue weighted by molar-refractivity contribution is 5.51. The van der Waals surface area contributed by atoms with Crippen LogP contribution >= 0.6 is 0 Å². The zero-order valence-electron chi connectivity index (χ0n) is 11.4. The molecule has 2 aromatic carbocycles. The van der Waals surface area contributed by atoms with Gasteiger partial charge in [-0.15, -0.1) is 0 Å². The Morgan fingerprint density at radius 1 is 0.952 bits per heavy atom. The lowest BCUT2D eigenvalue weighted by Gasteiger charge is -2.32. The standard InChI is InChI=1S/C16H16O5/c1-8-4-11-13(19)6-10(17)7-15(11)21-16(8)9-2-3-12(18)14(20)5-9/h2-3,5-8,16-20H,4H2,1H3/t8-,16?/m0/s1. The topological polar surface area (TPSA) is 90.2 Å².